The Morgan fingerprint density at radius 2 is 1.72 bits per heavy atom. The van der Waals surface area contributed by atoms with Crippen molar-refractivity contribution >= 4 is 31.6 Å². The van der Waals surface area contributed by atoms with E-state index in [0.717, 1.165) is 12.1 Å². The molecule has 0 amide bonds. The molecule has 0 aromatic heterocycles. The van der Waals surface area contributed by atoms with Crippen LogP contribution in [0, 0.1) is 5.82 Å². The first-order valence-corrected chi connectivity index (χ1v) is 9.09. The lowest BCUT2D eigenvalue weighted by Crippen LogP contribution is -2.38. The third-order valence-corrected chi connectivity index (χ3v) is 5.72. The maximum Gasteiger partial charge on any atom is 0.402 e. The Bertz CT molecular complexity index is 858. The molecule has 2 N–H and O–H groups in total. The lowest BCUT2D eigenvalue weighted by Gasteiger charge is -2.24. The van der Waals surface area contributed by atoms with Gasteiger partial charge < -0.3 is 5.73 Å². The molecule has 25 heavy (non-hydrogen) atoms. The molecule has 2 aromatic rings. The molecule has 2 aromatic carbocycles. The van der Waals surface area contributed by atoms with E-state index in [4.69, 9.17) is 5.73 Å². The van der Waals surface area contributed by atoms with Crippen LogP contribution < -0.4 is 5.73 Å². The van der Waals surface area contributed by atoms with Gasteiger partial charge >= 0.3 is 6.18 Å². The molecule has 0 spiro atoms. The Morgan fingerprint density at radius 1 is 1.12 bits per heavy atom. The van der Waals surface area contributed by atoms with Crippen molar-refractivity contribution in [3.8, 4) is 0 Å². The van der Waals surface area contributed by atoms with Gasteiger partial charge in [-0.15, -0.1) is 0 Å². The molecule has 0 atom stereocenters. The molecule has 0 heterocycles. The second kappa shape index (κ2) is 7.30. The number of sulfonamides is 1. The second-order valence-electron chi connectivity index (χ2n) is 5.18. The molecule has 0 aliphatic carbocycles. The average molecular weight is 441 g/mol. The number of nitrogens with two attached hydrogens (primary N) is 1. The second-order valence-corrected chi connectivity index (χ2v) is 7.94. The normalized spacial score (nSPS) is 12.6. The van der Waals surface area contributed by atoms with Gasteiger partial charge in [0.15, 0.2) is 0 Å². The van der Waals surface area contributed by atoms with E-state index in [0.29, 0.717) is 5.56 Å². The molecular weight excluding hydrogens is 428 g/mol. The van der Waals surface area contributed by atoms with Gasteiger partial charge in [-0.25, -0.2) is 12.8 Å². The van der Waals surface area contributed by atoms with Crippen molar-refractivity contribution in [1.82, 2.24) is 4.31 Å². The first-order chi connectivity index (χ1) is 11.5. The van der Waals surface area contributed by atoms with Crippen molar-refractivity contribution in [2.45, 2.75) is 17.6 Å². The first-order valence-electron chi connectivity index (χ1n) is 6.86. The van der Waals surface area contributed by atoms with Gasteiger partial charge in [-0.3, -0.25) is 0 Å². The van der Waals surface area contributed by atoms with E-state index in [1.807, 2.05) is 0 Å². The summed E-state index contributed by atoms with van der Waals surface area (Å²) in [7, 11) is -4.76. The summed E-state index contributed by atoms with van der Waals surface area (Å²) in [6.07, 6.45) is -4.79. The van der Waals surface area contributed by atoms with Gasteiger partial charge in [-0.2, -0.15) is 17.5 Å². The van der Waals surface area contributed by atoms with E-state index < -0.39 is 40.0 Å². The highest BCUT2D eigenvalue weighted by molar-refractivity contribution is 9.10. The van der Waals surface area contributed by atoms with Crippen molar-refractivity contribution < 1.29 is 26.0 Å². The van der Waals surface area contributed by atoms with Gasteiger partial charge in [0.1, 0.15) is 17.3 Å². The maximum absolute atomic E-state index is 14.1. The summed E-state index contributed by atoms with van der Waals surface area (Å²) in [6, 6.07) is 9.31. The number of benzene rings is 2. The number of anilines is 1. The summed E-state index contributed by atoms with van der Waals surface area (Å²) >= 11 is 2.93. The molecular formula is C15H13BrF4N2O2S. The fraction of sp³-hybridized carbons (Fsp3) is 0.200. The molecule has 0 aliphatic rings. The molecule has 0 fully saturated rings. The lowest BCUT2D eigenvalue weighted by molar-refractivity contribution is -0.136. The van der Waals surface area contributed by atoms with Gasteiger partial charge in [-0.05, 0) is 33.6 Å². The van der Waals surface area contributed by atoms with E-state index in [9.17, 15) is 26.0 Å². The van der Waals surface area contributed by atoms with Gasteiger partial charge in [0.05, 0.1) is 0 Å². The predicted molar refractivity (Wildman–Crippen MR) is 88.6 cm³/mol. The van der Waals surface area contributed by atoms with Crippen LogP contribution in [0.2, 0.25) is 0 Å². The van der Waals surface area contributed by atoms with Crippen molar-refractivity contribution in [3.63, 3.8) is 0 Å². The minimum absolute atomic E-state index is 0.105. The van der Waals surface area contributed by atoms with E-state index in [-0.39, 0.29) is 14.5 Å². The zero-order valence-corrected chi connectivity index (χ0v) is 15.0. The van der Waals surface area contributed by atoms with E-state index in [1.165, 1.54) is 12.1 Å². The van der Waals surface area contributed by atoms with Gasteiger partial charge in [-0.1, -0.05) is 30.3 Å². The largest absolute Gasteiger partial charge is 0.402 e. The molecule has 10 heteroatoms. The van der Waals surface area contributed by atoms with Gasteiger partial charge in [0.2, 0.25) is 10.0 Å². The molecule has 0 radical (unpaired) electrons. The van der Waals surface area contributed by atoms with Crippen molar-refractivity contribution in [2.24, 2.45) is 0 Å². The Kier molecular flexibility index (Phi) is 5.75. The summed E-state index contributed by atoms with van der Waals surface area (Å²) in [4.78, 5) is -0.909. The fourth-order valence-corrected chi connectivity index (χ4v) is 3.90. The van der Waals surface area contributed by atoms with Crippen LogP contribution in [-0.4, -0.2) is 25.4 Å². The minimum Gasteiger partial charge on any atom is -0.398 e. The highest BCUT2D eigenvalue weighted by Gasteiger charge is 2.38. The lowest BCUT2D eigenvalue weighted by atomic mass is 10.2. The van der Waals surface area contributed by atoms with E-state index in [2.05, 4.69) is 15.9 Å². The van der Waals surface area contributed by atoms with Crippen LogP contribution in [0.1, 0.15) is 5.56 Å². The van der Waals surface area contributed by atoms with Gasteiger partial charge in [0, 0.05) is 16.7 Å². The quantitative estimate of drug-likeness (QED) is 0.565. The number of halogens is 5. The topological polar surface area (TPSA) is 63.4 Å². The maximum atomic E-state index is 14.1. The summed E-state index contributed by atoms with van der Waals surface area (Å²) in [6.45, 7) is -2.31. The SMILES string of the molecule is Nc1cc(S(=O)(=O)N(Cc2ccccc2)CC(F)(F)F)c(F)cc1Br. The van der Waals surface area contributed by atoms with Crippen LogP contribution in [0.15, 0.2) is 51.8 Å². The number of hydrogen-bond acceptors (Lipinski definition) is 3. The standard InChI is InChI=1S/C15H13BrF4N2O2S/c16-11-6-12(17)14(7-13(11)21)25(23,24)22(9-15(18,19)20)8-10-4-2-1-3-5-10/h1-7H,8-9,21H2. The molecule has 0 bridgehead atoms. The van der Waals surface area contributed by atoms with Crippen molar-refractivity contribution in [2.75, 3.05) is 12.3 Å². The third kappa shape index (κ3) is 4.93. The van der Waals surface area contributed by atoms with Crippen molar-refractivity contribution in [1.29, 1.82) is 0 Å². The number of hydrogen-bond donors (Lipinski definition) is 1. The zero-order valence-electron chi connectivity index (χ0n) is 12.6. The van der Waals surface area contributed by atoms with Crippen LogP contribution in [-0.2, 0) is 16.6 Å². The van der Waals surface area contributed by atoms with Gasteiger partial charge in [0.25, 0.3) is 0 Å². The van der Waals surface area contributed by atoms with E-state index >= 15 is 0 Å². The van der Waals surface area contributed by atoms with Crippen LogP contribution in [0.5, 0.6) is 0 Å². The highest BCUT2D eigenvalue weighted by atomic mass is 79.9. The molecule has 136 valence electrons. The number of nitrogen functional groups attached to an aromatic ring is 1. The summed E-state index contributed by atoms with van der Waals surface area (Å²) < 4.78 is 78.2. The number of rotatable bonds is 5. The molecule has 0 aliphatic heterocycles. The smallest absolute Gasteiger partial charge is 0.398 e. The Hall–Kier alpha value is -1.65. The summed E-state index contributed by atoms with van der Waals surface area (Å²) in [5, 5.41) is 0. The molecule has 0 unspecified atom stereocenters. The Morgan fingerprint density at radius 3 is 2.28 bits per heavy atom. The molecule has 4 nitrogen and oxygen atoms in total. The highest BCUT2D eigenvalue weighted by Crippen LogP contribution is 2.30. The van der Waals surface area contributed by atoms with Crippen LogP contribution >= 0.6 is 15.9 Å². The summed E-state index contributed by atoms with van der Waals surface area (Å²) in [5.74, 6) is -1.19. The minimum atomic E-state index is -4.79. The first kappa shape index (κ1) is 19.7. The Balaban J connectivity index is 2.49. The van der Waals surface area contributed by atoms with Crippen molar-refractivity contribution in [3.05, 3.63) is 58.3 Å². The summed E-state index contributed by atoms with van der Waals surface area (Å²) in [5.41, 5.74) is 5.78. The third-order valence-electron chi connectivity index (χ3n) is 3.23. The van der Waals surface area contributed by atoms with Crippen LogP contribution in [0.4, 0.5) is 23.2 Å². The fourth-order valence-electron chi connectivity index (χ4n) is 2.09. The Labute approximate surface area is 150 Å². The number of alkyl halides is 3. The zero-order chi connectivity index (χ0) is 18.8. The van der Waals surface area contributed by atoms with E-state index in [1.54, 1.807) is 18.2 Å². The molecule has 0 saturated carbocycles. The number of nitrogens with zero attached hydrogens (tertiary/aromatic N) is 1. The van der Waals surface area contributed by atoms with Crippen LogP contribution in [0.25, 0.3) is 0 Å². The molecule has 0 saturated heterocycles. The monoisotopic (exact) mass is 440 g/mol. The molecule has 2 rings (SSSR count). The van der Waals surface area contributed by atoms with Crippen LogP contribution in [0.3, 0.4) is 0 Å². The predicted octanol–water partition coefficient (Wildman–Crippen LogP) is 3.92. The average Bonchev–Trinajstić information content (AvgIpc) is 2.50.